The number of nitrogens with zero attached hydrogens (tertiary/aromatic N) is 2. The zero-order valence-electron chi connectivity index (χ0n) is 18.0. The molecule has 1 amide bonds. The minimum absolute atomic E-state index is 0.255. The van der Waals surface area contributed by atoms with Crippen molar-refractivity contribution in [3.05, 3.63) is 113 Å². The zero-order valence-corrected chi connectivity index (χ0v) is 18.0. The highest BCUT2D eigenvalue weighted by atomic mass is 19.1. The van der Waals surface area contributed by atoms with Gasteiger partial charge >= 0.3 is 0 Å². The van der Waals surface area contributed by atoms with Crippen molar-refractivity contribution >= 4 is 11.7 Å². The number of carbonyl (C=O) groups is 1. The van der Waals surface area contributed by atoms with Crippen LogP contribution in [0.3, 0.4) is 0 Å². The molecule has 0 saturated carbocycles. The van der Waals surface area contributed by atoms with Crippen LogP contribution in [0.4, 0.5) is 10.2 Å². The lowest BCUT2D eigenvalue weighted by atomic mass is 10.1. The van der Waals surface area contributed by atoms with Gasteiger partial charge in [0.2, 0.25) is 0 Å². The number of hydrogen-bond acceptors (Lipinski definition) is 3. The number of benzene rings is 3. The summed E-state index contributed by atoms with van der Waals surface area (Å²) in [5.74, 6) is 0.719. The predicted octanol–water partition coefficient (Wildman–Crippen LogP) is 5.52. The third-order valence-corrected chi connectivity index (χ3v) is 5.03. The summed E-state index contributed by atoms with van der Waals surface area (Å²) in [6.07, 6.45) is 1.74. The van der Waals surface area contributed by atoms with Crippen molar-refractivity contribution in [2.75, 3.05) is 5.32 Å². The number of ether oxygens (including phenoxy) is 1. The van der Waals surface area contributed by atoms with Crippen molar-refractivity contribution in [2.45, 2.75) is 27.0 Å². The summed E-state index contributed by atoms with van der Waals surface area (Å²) >= 11 is 0. The minimum atomic E-state index is -0.287. The molecule has 4 aromatic rings. The second kappa shape index (κ2) is 9.47. The van der Waals surface area contributed by atoms with E-state index in [2.05, 4.69) is 16.5 Å². The second-order valence-electron chi connectivity index (χ2n) is 7.74. The first-order chi connectivity index (χ1) is 15.5. The normalized spacial score (nSPS) is 10.7. The van der Waals surface area contributed by atoms with Crippen molar-refractivity contribution < 1.29 is 13.9 Å². The van der Waals surface area contributed by atoms with Gasteiger partial charge in [0.25, 0.3) is 5.91 Å². The highest BCUT2D eigenvalue weighted by Crippen LogP contribution is 2.20. The fourth-order valence-electron chi connectivity index (χ4n) is 3.45. The van der Waals surface area contributed by atoms with Crippen LogP contribution < -0.4 is 10.1 Å². The van der Waals surface area contributed by atoms with Crippen LogP contribution in [0.5, 0.6) is 5.75 Å². The number of aryl methyl sites for hydroxylation is 2. The summed E-state index contributed by atoms with van der Waals surface area (Å²) < 4.78 is 20.9. The Labute approximate surface area is 186 Å². The smallest absolute Gasteiger partial charge is 0.256 e. The molecule has 0 radical (unpaired) electrons. The SMILES string of the molecule is Cc1ccc(OCc2cccc(C(=O)Nc3ccn(Cc4cccc(F)c4)n3)c2)c(C)c1. The molecule has 0 atom stereocenters. The number of nitrogens with one attached hydrogen (secondary N) is 1. The van der Waals surface area contributed by atoms with Gasteiger partial charge in [-0.15, -0.1) is 0 Å². The number of anilines is 1. The molecule has 0 saturated heterocycles. The minimum Gasteiger partial charge on any atom is -0.489 e. The second-order valence-corrected chi connectivity index (χ2v) is 7.74. The average molecular weight is 429 g/mol. The van der Waals surface area contributed by atoms with Crippen LogP contribution in [0.15, 0.2) is 79.0 Å². The molecule has 0 aliphatic rings. The standard InChI is InChI=1S/C26H24FN3O2/c1-18-9-10-24(19(2)13-18)32-17-21-6-3-7-22(14-21)26(31)28-25-11-12-30(29-25)16-20-5-4-8-23(27)15-20/h3-15H,16-17H2,1-2H3,(H,28,29,31). The summed E-state index contributed by atoms with van der Waals surface area (Å²) in [5.41, 5.74) is 4.47. The van der Waals surface area contributed by atoms with E-state index in [1.54, 1.807) is 29.1 Å². The molecule has 162 valence electrons. The van der Waals surface area contributed by atoms with Crippen molar-refractivity contribution in [1.82, 2.24) is 9.78 Å². The Morgan fingerprint density at radius 3 is 2.62 bits per heavy atom. The Morgan fingerprint density at radius 1 is 1.00 bits per heavy atom. The van der Waals surface area contributed by atoms with Crippen LogP contribution in [-0.2, 0) is 13.2 Å². The quantitative estimate of drug-likeness (QED) is 0.421. The number of hydrogen-bond donors (Lipinski definition) is 1. The van der Waals surface area contributed by atoms with Crippen LogP contribution in [0.2, 0.25) is 0 Å². The van der Waals surface area contributed by atoms with Crippen LogP contribution in [-0.4, -0.2) is 15.7 Å². The van der Waals surface area contributed by atoms with E-state index in [1.807, 2.05) is 50.2 Å². The van der Waals surface area contributed by atoms with Crippen LogP contribution in [0.25, 0.3) is 0 Å². The largest absolute Gasteiger partial charge is 0.489 e. The Morgan fingerprint density at radius 2 is 1.81 bits per heavy atom. The molecule has 0 aliphatic carbocycles. The van der Waals surface area contributed by atoms with Crippen molar-refractivity contribution in [2.24, 2.45) is 0 Å². The third kappa shape index (κ3) is 5.40. The number of amides is 1. The van der Waals surface area contributed by atoms with E-state index in [1.165, 1.54) is 17.7 Å². The molecule has 0 fully saturated rings. The lowest BCUT2D eigenvalue weighted by Crippen LogP contribution is -2.13. The monoisotopic (exact) mass is 429 g/mol. The van der Waals surface area contributed by atoms with Crippen molar-refractivity contribution in [3.8, 4) is 5.75 Å². The van der Waals surface area contributed by atoms with Crippen LogP contribution >= 0.6 is 0 Å². The lowest BCUT2D eigenvalue weighted by molar-refractivity contribution is 0.102. The average Bonchev–Trinajstić information content (AvgIpc) is 3.20. The summed E-state index contributed by atoms with van der Waals surface area (Å²) in [6.45, 7) is 4.84. The predicted molar refractivity (Wildman–Crippen MR) is 122 cm³/mol. The number of halogens is 1. The summed E-state index contributed by atoms with van der Waals surface area (Å²) in [5, 5.41) is 7.16. The van der Waals surface area contributed by atoms with Gasteiger partial charge in [-0.1, -0.05) is 42.0 Å². The van der Waals surface area contributed by atoms with E-state index in [-0.39, 0.29) is 11.7 Å². The number of aromatic nitrogens is 2. The van der Waals surface area contributed by atoms with Gasteiger partial charge in [-0.3, -0.25) is 9.48 Å². The van der Waals surface area contributed by atoms with Crippen molar-refractivity contribution in [3.63, 3.8) is 0 Å². The van der Waals surface area contributed by atoms with E-state index < -0.39 is 0 Å². The Balaban J connectivity index is 1.38. The molecule has 1 aromatic heterocycles. The summed E-state index contributed by atoms with van der Waals surface area (Å²) in [7, 11) is 0. The van der Waals surface area contributed by atoms with Gasteiger partial charge in [-0.05, 0) is 60.9 Å². The maximum atomic E-state index is 13.4. The molecule has 32 heavy (non-hydrogen) atoms. The maximum absolute atomic E-state index is 13.4. The first-order valence-corrected chi connectivity index (χ1v) is 10.3. The van der Waals surface area contributed by atoms with E-state index >= 15 is 0 Å². The summed E-state index contributed by atoms with van der Waals surface area (Å²) in [6, 6.07) is 21.4. The molecule has 6 heteroatoms. The highest BCUT2D eigenvalue weighted by molar-refractivity contribution is 6.03. The molecule has 0 bridgehead atoms. The molecule has 1 heterocycles. The van der Waals surface area contributed by atoms with Gasteiger partial charge in [-0.25, -0.2) is 4.39 Å². The Kier molecular flexibility index (Phi) is 6.31. The molecule has 4 rings (SSSR count). The van der Waals surface area contributed by atoms with E-state index in [9.17, 15) is 9.18 Å². The van der Waals surface area contributed by atoms with E-state index in [0.29, 0.717) is 24.5 Å². The molecule has 1 N–H and O–H groups in total. The van der Waals surface area contributed by atoms with E-state index in [4.69, 9.17) is 4.74 Å². The molecule has 5 nitrogen and oxygen atoms in total. The highest BCUT2D eigenvalue weighted by Gasteiger charge is 2.10. The molecule has 0 unspecified atom stereocenters. The van der Waals surface area contributed by atoms with Crippen molar-refractivity contribution in [1.29, 1.82) is 0 Å². The topological polar surface area (TPSA) is 56.1 Å². The maximum Gasteiger partial charge on any atom is 0.256 e. The van der Waals surface area contributed by atoms with Gasteiger partial charge < -0.3 is 10.1 Å². The Hall–Kier alpha value is -3.93. The number of carbonyl (C=O) groups excluding carboxylic acids is 1. The van der Waals surface area contributed by atoms with Crippen LogP contribution in [0.1, 0.15) is 32.6 Å². The summed E-state index contributed by atoms with van der Waals surface area (Å²) in [4.78, 5) is 12.7. The third-order valence-electron chi connectivity index (χ3n) is 5.03. The Bertz CT molecular complexity index is 1250. The molecule has 0 aliphatic heterocycles. The fourth-order valence-corrected chi connectivity index (χ4v) is 3.45. The molecular weight excluding hydrogens is 405 g/mol. The van der Waals surface area contributed by atoms with Gasteiger partial charge in [0.05, 0.1) is 6.54 Å². The van der Waals surface area contributed by atoms with Gasteiger partial charge in [0, 0.05) is 17.8 Å². The fraction of sp³-hybridized carbons (Fsp3) is 0.154. The molecule has 3 aromatic carbocycles. The number of rotatable bonds is 7. The molecule has 0 spiro atoms. The zero-order chi connectivity index (χ0) is 22.5. The lowest BCUT2D eigenvalue weighted by Gasteiger charge is -2.10. The van der Waals surface area contributed by atoms with Gasteiger partial charge in [0.1, 0.15) is 18.2 Å². The van der Waals surface area contributed by atoms with Crippen LogP contribution in [0, 0.1) is 19.7 Å². The van der Waals surface area contributed by atoms with Gasteiger partial charge in [0.15, 0.2) is 5.82 Å². The van der Waals surface area contributed by atoms with Gasteiger partial charge in [-0.2, -0.15) is 5.10 Å². The molecular formula is C26H24FN3O2. The first kappa shape index (κ1) is 21.3. The van der Waals surface area contributed by atoms with E-state index in [0.717, 1.165) is 22.4 Å². The first-order valence-electron chi connectivity index (χ1n) is 10.3.